The van der Waals surface area contributed by atoms with E-state index >= 15 is 0 Å². The minimum Gasteiger partial charge on any atom is -0.316 e. The third kappa shape index (κ3) is 2.47. The molecule has 0 aliphatic carbocycles. The van der Waals surface area contributed by atoms with E-state index in [0.717, 1.165) is 30.6 Å². The number of carbonyl (C=O) groups excluding carboxylic acids is 1. The molecule has 1 atom stereocenters. The fourth-order valence-electron chi connectivity index (χ4n) is 2.12. The minimum atomic E-state index is -0.240. The number of hydrogen-bond acceptors (Lipinski definition) is 2. The van der Waals surface area contributed by atoms with Gasteiger partial charge < -0.3 is 5.32 Å². The summed E-state index contributed by atoms with van der Waals surface area (Å²) in [4.78, 5) is 11.9. The molecule has 86 valence electrons. The van der Waals surface area contributed by atoms with Crippen LogP contribution in [0, 0.1) is 18.7 Å². The summed E-state index contributed by atoms with van der Waals surface area (Å²) in [7, 11) is 0. The maximum atomic E-state index is 12.9. The molecule has 1 saturated heterocycles. The van der Waals surface area contributed by atoms with Crippen LogP contribution in [-0.2, 0) is 11.2 Å². The van der Waals surface area contributed by atoms with Crippen LogP contribution in [0.3, 0.4) is 0 Å². The first-order valence-corrected chi connectivity index (χ1v) is 5.65. The summed E-state index contributed by atoms with van der Waals surface area (Å²) < 4.78 is 12.9. The van der Waals surface area contributed by atoms with Gasteiger partial charge in [-0.15, -0.1) is 0 Å². The molecule has 2 nitrogen and oxygen atoms in total. The lowest BCUT2D eigenvalue weighted by atomic mass is 9.95. The highest BCUT2D eigenvalue weighted by molar-refractivity contribution is 5.84. The van der Waals surface area contributed by atoms with Crippen LogP contribution >= 0.6 is 0 Å². The summed E-state index contributed by atoms with van der Waals surface area (Å²) in [6, 6.07) is 4.61. The number of benzene rings is 1. The molecule has 1 N–H and O–H groups in total. The third-order valence-electron chi connectivity index (χ3n) is 3.18. The van der Waals surface area contributed by atoms with Crippen LogP contribution in [0.25, 0.3) is 0 Å². The van der Waals surface area contributed by atoms with Crippen LogP contribution in [0.1, 0.15) is 17.5 Å². The summed E-state index contributed by atoms with van der Waals surface area (Å²) in [5, 5.41) is 3.18. The Morgan fingerprint density at radius 1 is 1.56 bits per heavy atom. The van der Waals surface area contributed by atoms with E-state index in [9.17, 15) is 9.18 Å². The monoisotopic (exact) mass is 221 g/mol. The van der Waals surface area contributed by atoms with E-state index in [0.29, 0.717) is 6.42 Å². The highest BCUT2D eigenvalue weighted by Crippen LogP contribution is 2.16. The third-order valence-corrected chi connectivity index (χ3v) is 3.18. The number of halogens is 1. The largest absolute Gasteiger partial charge is 0.316 e. The van der Waals surface area contributed by atoms with Gasteiger partial charge in [-0.3, -0.25) is 4.79 Å². The molecular formula is C13H16FNO. The van der Waals surface area contributed by atoms with Gasteiger partial charge >= 0.3 is 0 Å². The molecule has 1 heterocycles. The second kappa shape index (κ2) is 4.74. The van der Waals surface area contributed by atoms with Gasteiger partial charge in [0.2, 0.25) is 0 Å². The van der Waals surface area contributed by atoms with Crippen LogP contribution in [0.15, 0.2) is 18.2 Å². The summed E-state index contributed by atoms with van der Waals surface area (Å²) in [5.74, 6) is 0.167. The standard InChI is InChI=1S/C13H16FNO/c1-9-6-12(14)3-2-10(9)7-13(16)11-4-5-15-8-11/h2-3,6,11,15H,4-5,7-8H2,1H3. The molecule has 0 spiro atoms. The molecular weight excluding hydrogens is 205 g/mol. The smallest absolute Gasteiger partial charge is 0.141 e. The SMILES string of the molecule is Cc1cc(F)ccc1CC(=O)C1CCNC1. The molecule has 1 aromatic rings. The number of Topliss-reactive ketones (excluding diaryl/α,β-unsaturated/α-hetero) is 1. The predicted molar refractivity (Wildman–Crippen MR) is 60.8 cm³/mol. The van der Waals surface area contributed by atoms with Crippen molar-refractivity contribution in [2.75, 3.05) is 13.1 Å². The van der Waals surface area contributed by atoms with Gasteiger partial charge in [0, 0.05) is 18.9 Å². The Kier molecular flexibility index (Phi) is 3.34. The van der Waals surface area contributed by atoms with Gasteiger partial charge in [-0.1, -0.05) is 6.07 Å². The van der Waals surface area contributed by atoms with Gasteiger partial charge in [0.1, 0.15) is 11.6 Å². The van der Waals surface area contributed by atoms with E-state index in [2.05, 4.69) is 5.32 Å². The highest BCUT2D eigenvalue weighted by Gasteiger charge is 2.22. The Bertz CT molecular complexity index is 397. The van der Waals surface area contributed by atoms with Crippen LogP contribution in [0.2, 0.25) is 0 Å². The topological polar surface area (TPSA) is 29.1 Å². The molecule has 0 bridgehead atoms. The Labute approximate surface area is 94.9 Å². The second-order valence-corrected chi connectivity index (χ2v) is 4.40. The summed E-state index contributed by atoms with van der Waals surface area (Å²) in [5.41, 5.74) is 1.80. The first kappa shape index (κ1) is 11.3. The van der Waals surface area contributed by atoms with Crippen LogP contribution in [0.5, 0.6) is 0 Å². The van der Waals surface area contributed by atoms with Gasteiger partial charge in [0.15, 0.2) is 0 Å². The first-order valence-electron chi connectivity index (χ1n) is 5.65. The van der Waals surface area contributed by atoms with E-state index in [4.69, 9.17) is 0 Å². The number of carbonyl (C=O) groups is 1. The van der Waals surface area contributed by atoms with Gasteiger partial charge in [-0.05, 0) is 43.1 Å². The Morgan fingerprint density at radius 2 is 2.38 bits per heavy atom. The van der Waals surface area contributed by atoms with Crippen molar-refractivity contribution in [2.24, 2.45) is 5.92 Å². The van der Waals surface area contributed by atoms with Crippen LogP contribution in [0.4, 0.5) is 4.39 Å². The zero-order valence-corrected chi connectivity index (χ0v) is 9.42. The normalized spacial score (nSPS) is 20.0. The van der Waals surface area contributed by atoms with Crippen molar-refractivity contribution in [3.8, 4) is 0 Å². The fourth-order valence-corrected chi connectivity index (χ4v) is 2.12. The van der Waals surface area contributed by atoms with Crippen molar-refractivity contribution in [1.29, 1.82) is 0 Å². The molecule has 1 unspecified atom stereocenters. The second-order valence-electron chi connectivity index (χ2n) is 4.40. The lowest BCUT2D eigenvalue weighted by molar-refractivity contribution is -0.121. The van der Waals surface area contributed by atoms with Gasteiger partial charge in [-0.25, -0.2) is 4.39 Å². The molecule has 2 rings (SSSR count). The van der Waals surface area contributed by atoms with Gasteiger partial charge in [0.25, 0.3) is 0 Å². The van der Waals surface area contributed by atoms with Crippen molar-refractivity contribution in [3.63, 3.8) is 0 Å². The Morgan fingerprint density at radius 3 is 3.00 bits per heavy atom. The molecule has 1 aromatic carbocycles. The Balaban J connectivity index is 2.05. The molecule has 1 fully saturated rings. The van der Waals surface area contributed by atoms with E-state index in [1.807, 2.05) is 6.92 Å². The van der Waals surface area contributed by atoms with Crippen LogP contribution < -0.4 is 5.32 Å². The van der Waals surface area contributed by atoms with E-state index in [1.165, 1.54) is 12.1 Å². The average molecular weight is 221 g/mol. The number of rotatable bonds is 3. The van der Waals surface area contributed by atoms with Crippen molar-refractivity contribution in [3.05, 3.63) is 35.1 Å². The van der Waals surface area contributed by atoms with E-state index in [-0.39, 0.29) is 17.5 Å². The summed E-state index contributed by atoms with van der Waals surface area (Å²) >= 11 is 0. The van der Waals surface area contributed by atoms with Gasteiger partial charge in [-0.2, -0.15) is 0 Å². The summed E-state index contributed by atoms with van der Waals surface area (Å²) in [6.45, 7) is 3.57. The highest BCUT2D eigenvalue weighted by atomic mass is 19.1. The number of aryl methyl sites for hydroxylation is 1. The Hall–Kier alpha value is -1.22. The van der Waals surface area contributed by atoms with E-state index in [1.54, 1.807) is 6.07 Å². The lowest BCUT2D eigenvalue weighted by Gasteiger charge is -2.09. The molecule has 0 saturated carbocycles. The minimum absolute atomic E-state index is 0.143. The van der Waals surface area contributed by atoms with Crippen LogP contribution in [-0.4, -0.2) is 18.9 Å². The summed E-state index contributed by atoms with van der Waals surface area (Å²) in [6.07, 6.45) is 1.36. The zero-order chi connectivity index (χ0) is 11.5. The number of ketones is 1. The maximum absolute atomic E-state index is 12.9. The van der Waals surface area contributed by atoms with Gasteiger partial charge in [0.05, 0.1) is 0 Å². The zero-order valence-electron chi connectivity index (χ0n) is 9.42. The molecule has 1 aliphatic heterocycles. The van der Waals surface area contributed by atoms with Crippen molar-refractivity contribution < 1.29 is 9.18 Å². The fraction of sp³-hybridized carbons (Fsp3) is 0.462. The molecule has 0 amide bonds. The van der Waals surface area contributed by atoms with Crippen molar-refractivity contribution in [2.45, 2.75) is 19.8 Å². The number of nitrogens with one attached hydrogen (secondary N) is 1. The molecule has 0 aromatic heterocycles. The van der Waals surface area contributed by atoms with E-state index < -0.39 is 0 Å². The molecule has 0 radical (unpaired) electrons. The first-order chi connectivity index (χ1) is 7.66. The van der Waals surface area contributed by atoms with Crippen molar-refractivity contribution in [1.82, 2.24) is 5.32 Å². The molecule has 16 heavy (non-hydrogen) atoms. The predicted octanol–water partition coefficient (Wildman–Crippen LogP) is 1.86. The quantitative estimate of drug-likeness (QED) is 0.844. The molecule has 1 aliphatic rings. The maximum Gasteiger partial charge on any atom is 0.141 e. The lowest BCUT2D eigenvalue weighted by Crippen LogP contribution is -2.19. The molecule has 3 heteroatoms. The average Bonchev–Trinajstić information content (AvgIpc) is 2.75. The number of hydrogen-bond donors (Lipinski definition) is 1. The van der Waals surface area contributed by atoms with Crippen molar-refractivity contribution >= 4 is 5.78 Å².